The molecule has 0 N–H and O–H groups in total. The van der Waals surface area contributed by atoms with Gasteiger partial charge in [-0.15, -0.1) is 0 Å². The highest BCUT2D eigenvalue weighted by Gasteiger charge is 2.62. The van der Waals surface area contributed by atoms with Gasteiger partial charge in [-0.2, -0.15) is 0 Å². The molecule has 17 heavy (non-hydrogen) atoms. The third-order valence-corrected chi connectivity index (χ3v) is 3.12. The summed E-state index contributed by atoms with van der Waals surface area (Å²) in [5, 5.41) is 0. The summed E-state index contributed by atoms with van der Waals surface area (Å²) in [4.78, 5) is 0. The number of hydrogen-bond acceptors (Lipinski definition) is 5. The van der Waals surface area contributed by atoms with Crippen LogP contribution in [-0.4, -0.2) is 57.4 Å². The Bertz CT molecular complexity index is 285. The first kappa shape index (κ1) is 13.2. The molecule has 0 aromatic rings. The van der Waals surface area contributed by atoms with Crippen LogP contribution < -0.4 is 0 Å². The number of fused-ring (bicyclic) bond motifs is 1. The van der Waals surface area contributed by atoms with Gasteiger partial charge in [0, 0.05) is 14.2 Å². The van der Waals surface area contributed by atoms with E-state index >= 15 is 0 Å². The van der Waals surface area contributed by atoms with Crippen molar-refractivity contribution in [3.63, 3.8) is 0 Å². The van der Waals surface area contributed by atoms with E-state index in [1.54, 1.807) is 13.8 Å². The van der Waals surface area contributed by atoms with Crippen LogP contribution in [0.2, 0.25) is 0 Å². The van der Waals surface area contributed by atoms with E-state index in [0.29, 0.717) is 0 Å². The molecule has 0 amide bonds. The molecule has 100 valence electrons. The van der Waals surface area contributed by atoms with Gasteiger partial charge in [0.1, 0.15) is 18.9 Å². The molecule has 0 radical (unpaired) electrons. The molecular weight excluding hydrogens is 231 g/mol. The molecule has 0 unspecified atom stereocenters. The number of rotatable bonds is 4. The lowest BCUT2D eigenvalue weighted by atomic mass is 9.97. The fourth-order valence-electron chi connectivity index (χ4n) is 2.51. The first-order valence-corrected chi connectivity index (χ1v) is 5.59. The number of ether oxygens (including phenoxy) is 5. The minimum atomic E-state index is -1.14. The summed E-state index contributed by atoms with van der Waals surface area (Å²) in [5.41, 5.74) is -1.14. The highest BCUT2D eigenvalue weighted by molar-refractivity contribution is 5.04. The average molecular weight is 250 g/mol. The Morgan fingerprint density at radius 2 is 1.88 bits per heavy atom. The summed E-state index contributed by atoms with van der Waals surface area (Å²) < 4.78 is 40.5. The minimum Gasteiger partial charge on any atom is -0.381 e. The van der Waals surface area contributed by atoms with Gasteiger partial charge in [0.2, 0.25) is 0 Å². The third kappa shape index (κ3) is 2.08. The highest BCUT2D eigenvalue weighted by atomic mass is 19.1. The topological polar surface area (TPSA) is 46.2 Å². The molecule has 0 bridgehead atoms. The second kappa shape index (κ2) is 4.44. The van der Waals surface area contributed by atoms with Crippen molar-refractivity contribution < 1.29 is 28.1 Å². The Hall–Kier alpha value is -0.270. The molecule has 0 aromatic heterocycles. The van der Waals surface area contributed by atoms with Crippen molar-refractivity contribution in [1.82, 2.24) is 0 Å². The minimum absolute atomic E-state index is 0.0994. The molecule has 2 saturated heterocycles. The molecule has 2 aliphatic heterocycles. The van der Waals surface area contributed by atoms with Crippen LogP contribution in [0.4, 0.5) is 4.39 Å². The van der Waals surface area contributed by atoms with Crippen LogP contribution >= 0.6 is 0 Å². The Morgan fingerprint density at radius 3 is 2.41 bits per heavy atom. The van der Waals surface area contributed by atoms with Crippen LogP contribution in [0.3, 0.4) is 0 Å². The fraction of sp³-hybridized carbons (Fsp3) is 1.00. The maximum Gasteiger partial charge on any atom is 0.190 e. The van der Waals surface area contributed by atoms with Gasteiger partial charge >= 0.3 is 0 Å². The zero-order valence-corrected chi connectivity index (χ0v) is 10.6. The van der Waals surface area contributed by atoms with E-state index in [2.05, 4.69) is 0 Å². The van der Waals surface area contributed by atoms with Crippen molar-refractivity contribution in [3.8, 4) is 0 Å². The van der Waals surface area contributed by atoms with Crippen LogP contribution in [0.5, 0.6) is 0 Å². The van der Waals surface area contributed by atoms with Gasteiger partial charge in [-0.3, -0.25) is 0 Å². The summed E-state index contributed by atoms with van der Waals surface area (Å²) >= 11 is 0. The van der Waals surface area contributed by atoms with Crippen molar-refractivity contribution in [1.29, 1.82) is 0 Å². The van der Waals surface area contributed by atoms with Gasteiger partial charge in [-0.1, -0.05) is 0 Å². The molecule has 0 aliphatic carbocycles. The number of hydrogen-bond donors (Lipinski definition) is 0. The first-order valence-electron chi connectivity index (χ1n) is 5.59. The monoisotopic (exact) mass is 250 g/mol. The number of halogens is 1. The Kier molecular flexibility index (Phi) is 3.44. The lowest BCUT2D eigenvalue weighted by molar-refractivity contribution is -0.252. The molecule has 2 fully saturated rings. The summed E-state index contributed by atoms with van der Waals surface area (Å²) in [5.74, 6) is -0.734. The van der Waals surface area contributed by atoms with Crippen LogP contribution in [0, 0.1) is 0 Å². The van der Waals surface area contributed by atoms with Crippen molar-refractivity contribution >= 4 is 0 Å². The quantitative estimate of drug-likeness (QED) is 0.740. The molecule has 2 heterocycles. The molecule has 0 saturated carbocycles. The zero-order valence-electron chi connectivity index (χ0n) is 10.6. The summed E-state index contributed by atoms with van der Waals surface area (Å²) in [6.07, 6.45) is -1.58. The van der Waals surface area contributed by atoms with Crippen molar-refractivity contribution in [2.24, 2.45) is 0 Å². The van der Waals surface area contributed by atoms with Crippen LogP contribution in [0.1, 0.15) is 13.8 Å². The lowest BCUT2D eigenvalue weighted by Crippen LogP contribution is -2.51. The fourth-order valence-corrected chi connectivity index (χ4v) is 2.51. The lowest BCUT2D eigenvalue weighted by Gasteiger charge is -2.33. The maximum absolute atomic E-state index is 13.3. The molecule has 0 spiro atoms. The molecule has 0 aromatic carbocycles. The van der Waals surface area contributed by atoms with E-state index in [1.807, 2.05) is 0 Å². The SMILES string of the molecule is COC[C@@]1(CF)O[C@@H]2OC(C)(C)O[C@@H]2[C@@H]1OC. The van der Waals surface area contributed by atoms with Gasteiger partial charge in [0.25, 0.3) is 0 Å². The Labute approximate surface area is 100 Å². The number of alkyl halides is 1. The van der Waals surface area contributed by atoms with Gasteiger partial charge in [0.15, 0.2) is 17.7 Å². The standard InChI is InChI=1S/C11H19FO5/c1-10(2)15-7-8(14-4)11(5-12,6-13-3)17-9(7)16-10/h7-9H,5-6H2,1-4H3/t7-,8+,9+,11-/m1/s1. The number of methoxy groups -OCH3 is 2. The molecule has 5 nitrogen and oxygen atoms in total. The van der Waals surface area contributed by atoms with Gasteiger partial charge in [-0.25, -0.2) is 4.39 Å². The van der Waals surface area contributed by atoms with E-state index in [0.717, 1.165) is 0 Å². The van der Waals surface area contributed by atoms with Gasteiger partial charge < -0.3 is 23.7 Å². The van der Waals surface area contributed by atoms with E-state index in [4.69, 9.17) is 23.7 Å². The predicted octanol–water partition coefficient (Wildman–Crippen LogP) is 0.864. The van der Waals surface area contributed by atoms with Crippen LogP contribution in [-0.2, 0) is 23.7 Å². The van der Waals surface area contributed by atoms with Crippen molar-refractivity contribution in [2.75, 3.05) is 27.5 Å². The largest absolute Gasteiger partial charge is 0.381 e. The van der Waals surface area contributed by atoms with Gasteiger partial charge in [-0.05, 0) is 13.8 Å². The molecule has 6 heteroatoms. The van der Waals surface area contributed by atoms with Crippen molar-refractivity contribution in [3.05, 3.63) is 0 Å². The molecule has 4 atom stereocenters. The van der Waals surface area contributed by atoms with Crippen LogP contribution in [0.25, 0.3) is 0 Å². The summed E-state index contributed by atoms with van der Waals surface area (Å²) in [7, 11) is 3.00. The molecular formula is C11H19FO5. The van der Waals surface area contributed by atoms with Crippen LogP contribution in [0.15, 0.2) is 0 Å². The predicted molar refractivity (Wildman–Crippen MR) is 56.3 cm³/mol. The second-order valence-electron chi connectivity index (χ2n) is 4.87. The van der Waals surface area contributed by atoms with E-state index in [9.17, 15) is 4.39 Å². The highest BCUT2D eigenvalue weighted by Crippen LogP contribution is 2.43. The smallest absolute Gasteiger partial charge is 0.190 e. The normalized spacial score (nSPS) is 43.9. The Balaban J connectivity index is 2.20. The summed E-state index contributed by atoms with van der Waals surface area (Å²) in [6.45, 7) is 2.96. The third-order valence-electron chi connectivity index (χ3n) is 3.12. The van der Waals surface area contributed by atoms with E-state index in [-0.39, 0.29) is 6.61 Å². The summed E-state index contributed by atoms with van der Waals surface area (Å²) in [6, 6.07) is 0. The zero-order chi connectivity index (χ0) is 12.7. The average Bonchev–Trinajstić information content (AvgIpc) is 2.67. The van der Waals surface area contributed by atoms with E-state index < -0.39 is 36.6 Å². The maximum atomic E-state index is 13.3. The van der Waals surface area contributed by atoms with E-state index in [1.165, 1.54) is 14.2 Å². The molecule has 2 aliphatic rings. The molecule has 2 rings (SSSR count). The van der Waals surface area contributed by atoms with Gasteiger partial charge in [0.05, 0.1) is 6.61 Å². The first-order chi connectivity index (χ1) is 7.98. The Morgan fingerprint density at radius 1 is 1.18 bits per heavy atom. The second-order valence-corrected chi connectivity index (χ2v) is 4.87. The van der Waals surface area contributed by atoms with Crippen molar-refractivity contribution in [2.45, 2.75) is 43.7 Å².